The van der Waals surface area contributed by atoms with Gasteiger partial charge in [-0.2, -0.15) is 8.42 Å². The van der Waals surface area contributed by atoms with Crippen LogP contribution in [0.1, 0.15) is 117 Å². The number of hydrogen-bond donors (Lipinski definition) is 4. The van der Waals surface area contributed by atoms with Crippen LogP contribution in [-0.4, -0.2) is 96.0 Å². The van der Waals surface area contributed by atoms with E-state index >= 15 is 0 Å². The molecular weight excluding hydrogens is 813 g/mol. The SMILES string of the molecule is CC/C=C\C/C=C\C/C=C\C/C=C\C/C=C\C/C=C\CCC(=O)OC(COC(=O)CCCC/C=C\C/C=C\C/C=C\C/C=C\CC)COC1OC(CS(=O)(=O)O)C(O)C(O)C1O. The van der Waals surface area contributed by atoms with E-state index in [1.165, 1.54) is 0 Å². The second kappa shape index (κ2) is 37.6. The highest BCUT2D eigenvalue weighted by molar-refractivity contribution is 7.85. The largest absolute Gasteiger partial charge is 0.462 e. The van der Waals surface area contributed by atoms with E-state index in [1.54, 1.807) is 0 Å². The van der Waals surface area contributed by atoms with Crippen LogP contribution >= 0.6 is 0 Å². The van der Waals surface area contributed by atoms with Gasteiger partial charge in [0.05, 0.1) is 6.61 Å². The van der Waals surface area contributed by atoms with Gasteiger partial charge in [0.25, 0.3) is 10.1 Å². The van der Waals surface area contributed by atoms with Crippen LogP contribution < -0.4 is 0 Å². The van der Waals surface area contributed by atoms with E-state index in [4.69, 9.17) is 18.9 Å². The summed E-state index contributed by atoms with van der Waals surface area (Å²) < 4.78 is 53.9. The molecule has 1 heterocycles. The summed E-state index contributed by atoms with van der Waals surface area (Å²) in [6.07, 6.45) is 44.0. The molecule has 348 valence electrons. The van der Waals surface area contributed by atoms with E-state index in [0.717, 1.165) is 70.6 Å². The number of esters is 2. The molecule has 0 saturated carbocycles. The molecule has 1 aliphatic rings. The molecule has 0 aliphatic carbocycles. The Bertz CT molecular complexity index is 1600. The molecule has 1 fully saturated rings. The molecule has 12 nitrogen and oxygen atoms in total. The zero-order chi connectivity index (χ0) is 45.5. The quantitative estimate of drug-likeness (QED) is 0.0208. The topological polar surface area (TPSA) is 186 Å². The zero-order valence-corrected chi connectivity index (χ0v) is 37.7. The van der Waals surface area contributed by atoms with Crippen molar-refractivity contribution < 1.29 is 56.8 Å². The molecule has 0 spiro atoms. The maximum Gasteiger partial charge on any atom is 0.306 e. The Morgan fingerprint density at radius 1 is 0.548 bits per heavy atom. The van der Waals surface area contributed by atoms with Crippen molar-refractivity contribution >= 4 is 22.1 Å². The van der Waals surface area contributed by atoms with Crippen molar-refractivity contribution in [2.24, 2.45) is 0 Å². The highest BCUT2D eigenvalue weighted by atomic mass is 32.2. The maximum absolute atomic E-state index is 12.8. The molecule has 1 aliphatic heterocycles. The Hall–Kier alpha value is -3.95. The summed E-state index contributed by atoms with van der Waals surface area (Å²) in [5.41, 5.74) is 0. The molecule has 4 N–H and O–H groups in total. The van der Waals surface area contributed by atoms with Gasteiger partial charge < -0.3 is 34.3 Å². The highest BCUT2D eigenvalue weighted by Crippen LogP contribution is 2.23. The van der Waals surface area contributed by atoms with Crippen LogP contribution in [0, 0.1) is 0 Å². The van der Waals surface area contributed by atoms with E-state index in [2.05, 4.69) is 117 Å². The van der Waals surface area contributed by atoms with Crippen molar-refractivity contribution in [3.05, 3.63) is 122 Å². The van der Waals surface area contributed by atoms with E-state index in [9.17, 15) is 37.9 Å². The molecule has 1 rings (SSSR count). The molecular formula is C49H74O12S. The Kier molecular flexibility index (Phi) is 34.0. The third-order valence-corrected chi connectivity index (χ3v) is 9.80. The summed E-state index contributed by atoms with van der Waals surface area (Å²) in [6, 6.07) is 0. The lowest BCUT2D eigenvalue weighted by Gasteiger charge is -2.40. The second-order valence-electron chi connectivity index (χ2n) is 14.6. The number of ether oxygens (including phenoxy) is 4. The number of aliphatic hydroxyl groups is 3. The minimum absolute atomic E-state index is 0.0216. The summed E-state index contributed by atoms with van der Waals surface area (Å²) in [4.78, 5) is 25.4. The number of carbonyl (C=O) groups is 2. The van der Waals surface area contributed by atoms with Gasteiger partial charge in [-0.1, -0.05) is 135 Å². The van der Waals surface area contributed by atoms with Crippen LogP contribution in [0.25, 0.3) is 0 Å². The summed E-state index contributed by atoms with van der Waals surface area (Å²) in [6.45, 7) is 3.40. The Labute approximate surface area is 371 Å². The van der Waals surface area contributed by atoms with Crippen molar-refractivity contribution in [2.75, 3.05) is 19.0 Å². The normalized spacial score (nSPS) is 21.0. The first-order valence-corrected chi connectivity index (χ1v) is 23.7. The number of carbonyl (C=O) groups excluding carboxylic acids is 2. The van der Waals surface area contributed by atoms with Crippen LogP contribution in [0.5, 0.6) is 0 Å². The maximum atomic E-state index is 12.8. The summed E-state index contributed by atoms with van der Waals surface area (Å²) in [5.74, 6) is -2.17. The third-order valence-electron chi connectivity index (χ3n) is 9.05. The standard InChI is InChI=1S/C49H74O12S/c1-3-5-7-9-11-13-15-17-19-20-21-22-24-26-28-30-32-34-36-38-45(51)60-42(40-59-49-48(54)47(53)46(52)43(61-49)41-62(55,56)57)39-58-44(50)37-35-33-31-29-27-25-23-18-16-14-12-10-8-6-4-2/h5-8,11-14,17-19,21-23,26-29,32,34,42-43,46-49,52-54H,3-4,9-10,15-16,20,24-25,30-31,33,35-41H2,1-2H3,(H,55,56,57)/b7-5-,8-6-,13-11-,14-12-,19-17-,22-21-,23-18-,28-26-,29-27-,34-32-. The lowest BCUT2D eigenvalue weighted by molar-refractivity contribution is -0.297. The molecule has 0 aromatic heterocycles. The van der Waals surface area contributed by atoms with Crippen LogP contribution in [0.4, 0.5) is 0 Å². The third kappa shape index (κ3) is 31.8. The predicted molar refractivity (Wildman–Crippen MR) is 247 cm³/mol. The lowest BCUT2D eigenvalue weighted by Crippen LogP contribution is -2.60. The molecule has 13 heteroatoms. The fraction of sp³-hybridized carbons (Fsp3) is 0.551. The first-order valence-electron chi connectivity index (χ1n) is 22.1. The number of unbranched alkanes of at least 4 members (excludes halogenated alkanes) is 2. The van der Waals surface area contributed by atoms with Gasteiger partial charge in [-0.25, -0.2) is 0 Å². The number of rotatable bonds is 34. The fourth-order valence-corrected chi connectivity index (χ4v) is 6.38. The van der Waals surface area contributed by atoms with Crippen LogP contribution in [0.15, 0.2) is 122 Å². The van der Waals surface area contributed by atoms with Gasteiger partial charge in [-0.05, 0) is 89.9 Å². The van der Waals surface area contributed by atoms with Gasteiger partial charge in [0.2, 0.25) is 0 Å². The number of hydrogen-bond acceptors (Lipinski definition) is 11. The van der Waals surface area contributed by atoms with Crippen LogP contribution in [-0.2, 0) is 38.7 Å². The van der Waals surface area contributed by atoms with Crippen molar-refractivity contribution in [1.29, 1.82) is 0 Å². The van der Waals surface area contributed by atoms with Gasteiger partial charge in [0, 0.05) is 12.8 Å². The van der Waals surface area contributed by atoms with Gasteiger partial charge in [-0.3, -0.25) is 14.1 Å². The molecule has 6 unspecified atom stereocenters. The molecule has 0 bridgehead atoms. The summed E-state index contributed by atoms with van der Waals surface area (Å²) in [7, 11) is -4.62. The smallest absolute Gasteiger partial charge is 0.306 e. The summed E-state index contributed by atoms with van der Waals surface area (Å²) in [5, 5.41) is 30.9. The number of aliphatic hydroxyl groups excluding tert-OH is 3. The molecule has 0 aromatic carbocycles. The average Bonchev–Trinajstić information content (AvgIpc) is 3.24. The van der Waals surface area contributed by atoms with E-state index < -0.39 is 71.2 Å². The molecule has 62 heavy (non-hydrogen) atoms. The van der Waals surface area contributed by atoms with Gasteiger partial charge in [0.15, 0.2) is 12.4 Å². The fourth-order valence-electron chi connectivity index (χ4n) is 5.69. The van der Waals surface area contributed by atoms with Crippen molar-refractivity contribution in [2.45, 2.75) is 153 Å². The van der Waals surface area contributed by atoms with Crippen molar-refractivity contribution in [1.82, 2.24) is 0 Å². The second-order valence-corrected chi connectivity index (χ2v) is 16.1. The Morgan fingerprint density at radius 3 is 1.44 bits per heavy atom. The molecule has 6 atom stereocenters. The minimum Gasteiger partial charge on any atom is -0.462 e. The highest BCUT2D eigenvalue weighted by Gasteiger charge is 2.46. The minimum atomic E-state index is -4.62. The first kappa shape index (κ1) is 56.1. The van der Waals surface area contributed by atoms with Crippen LogP contribution in [0.3, 0.4) is 0 Å². The molecule has 1 saturated heterocycles. The molecule has 0 aromatic rings. The van der Waals surface area contributed by atoms with Crippen LogP contribution in [0.2, 0.25) is 0 Å². The Balaban J connectivity index is 2.56. The van der Waals surface area contributed by atoms with E-state index in [-0.39, 0.29) is 19.4 Å². The summed E-state index contributed by atoms with van der Waals surface area (Å²) >= 11 is 0. The van der Waals surface area contributed by atoms with E-state index in [0.29, 0.717) is 19.3 Å². The van der Waals surface area contributed by atoms with Crippen molar-refractivity contribution in [3.63, 3.8) is 0 Å². The average molecular weight is 887 g/mol. The van der Waals surface area contributed by atoms with Gasteiger partial charge in [0.1, 0.15) is 36.8 Å². The monoisotopic (exact) mass is 886 g/mol. The Morgan fingerprint density at radius 2 is 0.984 bits per heavy atom. The first-order chi connectivity index (χ1) is 30.0. The molecule has 0 radical (unpaired) electrons. The van der Waals surface area contributed by atoms with Crippen molar-refractivity contribution in [3.8, 4) is 0 Å². The zero-order valence-electron chi connectivity index (χ0n) is 36.9. The molecule has 0 amide bonds. The van der Waals surface area contributed by atoms with E-state index in [1.807, 2.05) is 18.2 Å². The lowest BCUT2D eigenvalue weighted by atomic mass is 10.00. The predicted octanol–water partition coefficient (Wildman–Crippen LogP) is 9.00. The van der Waals surface area contributed by atoms with Gasteiger partial charge in [-0.15, -0.1) is 0 Å². The van der Waals surface area contributed by atoms with Gasteiger partial charge >= 0.3 is 11.9 Å². The number of allylic oxidation sites excluding steroid dienone is 20.